The minimum absolute atomic E-state index is 0.176. The number of hydrazine groups is 1. The predicted octanol–water partition coefficient (Wildman–Crippen LogP) is 2.69. The smallest absolute Gasteiger partial charge is 0.258 e. The summed E-state index contributed by atoms with van der Waals surface area (Å²) in [5, 5.41) is 5.44. The highest BCUT2D eigenvalue weighted by Gasteiger charge is 2.40. The Morgan fingerprint density at radius 1 is 1.40 bits per heavy atom. The van der Waals surface area contributed by atoms with Crippen LogP contribution in [0.2, 0.25) is 0 Å². The fraction of sp³-hybridized carbons (Fsp3) is 0.381. The molecule has 1 aliphatic heterocycles. The van der Waals surface area contributed by atoms with E-state index in [4.69, 9.17) is 9.15 Å². The molecule has 3 heterocycles. The Bertz CT molecular complexity index is 1130. The molecule has 1 saturated carbocycles. The second-order valence-corrected chi connectivity index (χ2v) is 8.67. The first-order valence-corrected chi connectivity index (χ1v) is 10.8. The Kier molecular flexibility index (Phi) is 4.71. The van der Waals surface area contributed by atoms with Crippen molar-refractivity contribution in [3.05, 3.63) is 45.6 Å². The molecule has 1 aromatic carbocycles. The Labute approximate surface area is 177 Å². The number of fused-ring (bicyclic) bond motifs is 1. The summed E-state index contributed by atoms with van der Waals surface area (Å²) in [6.45, 7) is 4.59. The van der Waals surface area contributed by atoms with Crippen molar-refractivity contribution in [2.24, 2.45) is 0 Å². The summed E-state index contributed by atoms with van der Waals surface area (Å²) in [7, 11) is 0. The number of rotatable bonds is 6. The first-order chi connectivity index (χ1) is 14.5. The number of amides is 2. The van der Waals surface area contributed by atoms with Crippen LogP contribution in [0.25, 0.3) is 11.0 Å². The van der Waals surface area contributed by atoms with Gasteiger partial charge < -0.3 is 14.5 Å². The third-order valence-corrected chi connectivity index (χ3v) is 6.43. The molecule has 1 atom stereocenters. The number of ether oxygens (including phenoxy) is 1. The van der Waals surface area contributed by atoms with Crippen LogP contribution >= 0.6 is 11.3 Å². The number of aromatic nitrogens is 1. The first kappa shape index (κ1) is 19.1. The van der Waals surface area contributed by atoms with Crippen molar-refractivity contribution in [3.63, 3.8) is 0 Å². The number of furan rings is 1. The molecule has 2 N–H and O–H groups in total. The van der Waals surface area contributed by atoms with E-state index >= 15 is 0 Å². The number of hydrogen-bond acceptors (Lipinski definition) is 7. The van der Waals surface area contributed by atoms with Gasteiger partial charge in [0.25, 0.3) is 11.8 Å². The summed E-state index contributed by atoms with van der Waals surface area (Å²) in [5.74, 6) is 0.656. The van der Waals surface area contributed by atoms with Gasteiger partial charge in [-0.1, -0.05) is 0 Å². The van der Waals surface area contributed by atoms with E-state index in [-0.39, 0.29) is 11.8 Å². The summed E-state index contributed by atoms with van der Waals surface area (Å²) in [5.41, 5.74) is 6.63. The van der Waals surface area contributed by atoms with Crippen molar-refractivity contribution < 1.29 is 18.7 Å². The highest BCUT2D eigenvalue weighted by atomic mass is 32.1. The molecule has 0 bridgehead atoms. The quantitative estimate of drug-likeness (QED) is 0.629. The molecule has 0 radical (unpaired) electrons. The van der Waals surface area contributed by atoms with E-state index in [1.165, 1.54) is 0 Å². The van der Waals surface area contributed by atoms with E-state index in [2.05, 4.69) is 15.7 Å². The van der Waals surface area contributed by atoms with Gasteiger partial charge in [-0.25, -0.2) is 9.99 Å². The number of thiazole rings is 1. The Balaban J connectivity index is 1.35. The highest BCUT2D eigenvalue weighted by Crippen LogP contribution is 2.30. The first-order valence-electron chi connectivity index (χ1n) is 9.92. The Morgan fingerprint density at radius 3 is 2.97 bits per heavy atom. The highest BCUT2D eigenvalue weighted by molar-refractivity contribution is 7.09. The summed E-state index contributed by atoms with van der Waals surface area (Å²) in [6, 6.07) is 5.25. The van der Waals surface area contributed by atoms with E-state index < -0.39 is 6.04 Å². The van der Waals surface area contributed by atoms with E-state index in [0.29, 0.717) is 47.2 Å². The molecule has 1 aliphatic carbocycles. The number of carbonyl (C=O) groups is 2. The zero-order valence-electron chi connectivity index (χ0n) is 16.7. The topological polar surface area (TPSA) is 96.7 Å². The van der Waals surface area contributed by atoms with Crippen LogP contribution in [0.5, 0.6) is 5.75 Å². The van der Waals surface area contributed by atoms with E-state index in [9.17, 15) is 9.59 Å². The Hall–Kier alpha value is -2.91. The zero-order valence-corrected chi connectivity index (χ0v) is 17.5. The van der Waals surface area contributed by atoms with Crippen LogP contribution in [0.3, 0.4) is 0 Å². The van der Waals surface area contributed by atoms with Crippen LogP contribution in [0, 0.1) is 13.8 Å². The average Bonchev–Trinajstić information content (AvgIpc) is 3.27. The lowest BCUT2D eigenvalue weighted by atomic mass is 10.1. The zero-order chi connectivity index (χ0) is 20.8. The molecule has 0 spiro atoms. The second-order valence-electron chi connectivity index (χ2n) is 7.73. The van der Waals surface area contributed by atoms with E-state index in [1.807, 2.05) is 24.1 Å². The maximum atomic E-state index is 13.0. The van der Waals surface area contributed by atoms with E-state index in [0.717, 1.165) is 23.4 Å². The van der Waals surface area contributed by atoms with E-state index in [1.54, 1.807) is 29.8 Å². The molecule has 9 heteroatoms. The number of nitrogens with one attached hydrogen (secondary N) is 2. The maximum Gasteiger partial charge on any atom is 0.258 e. The Morgan fingerprint density at radius 2 is 2.23 bits per heavy atom. The molecule has 3 aromatic rings. The number of benzene rings is 1. The van der Waals surface area contributed by atoms with Crippen molar-refractivity contribution in [1.29, 1.82) is 0 Å². The minimum Gasteiger partial charge on any atom is -0.488 e. The number of carbonyl (C=O) groups excluding carboxylic acids is 2. The molecular formula is C21H22N4O4S. The van der Waals surface area contributed by atoms with Crippen LogP contribution in [0.4, 0.5) is 0 Å². The molecule has 8 nitrogen and oxygen atoms in total. The van der Waals surface area contributed by atoms with Gasteiger partial charge in [-0.3, -0.25) is 15.0 Å². The van der Waals surface area contributed by atoms with Gasteiger partial charge in [0, 0.05) is 18.0 Å². The van der Waals surface area contributed by atoms with Crippen molar-refractivity contribution in [1.82, 2.24) is 20.7 Å². The monoisotopic (exact) mass is 426 g/mol. The standard InChI is InChI=1S/C21H22N4O4S/c1-11-18(30-10-22-11)9-28-14-5-6-17-15(7-14)19(12(2)29-17)21(27)23-16-8-25(13-3-4-13)24-20(16)26/h5-7,10,13,16H,3-4,8-9H2,1-2H3,(H,23,27)(H,24,26). The molecule has 1 saturated heterocycles. The van der Waals surface area contributed by atoms with Gasteiger partial charge in [-0.2, -0.15) is 0 Å². The largest absolute Gasteiger partial charge is 0.488 e. The third-order valence-electron chi connectivity index (χ3n) is 5.52. The molecule has 2 fully saturated rings. The maximum absolute atomic E-state index is 13.0. The SMILES string of the molecule is Cc1ncsc1COc1ccc2oc(C)c(C(=O)NC3CN(C4CC4)NC3=O)c2c1. The van der Waals surface area contributed by atoms with Gasteiger partial charge >= 0.3 is 0 Å². The minimum atomic E-state index is -0.573. The molecule has 2 amide bonds. The average molecular weight is 426 g/mol. The van der Waals surface area contributed by atoms with Crippen LogP contribution < -0.4 is 15.5 Å². The van der Waals surface area contributed by atoms with Crippen molar-refractivity contribution in [3.8, 4) is 5.75 Å². The van der Waals surface area contributed by atoms with Crippen LogP contribution in [0.15, 0.2) is 28.1 Å². The van der Waals surface area contributed by atoms with Crippen LogP contribution in [-0.2, 0) is 11.4 Å². The van der Waals surface area contributed by atoms with Crippen molar-refractivity contribution in [2.75, 3.05) is 6.54 Å². The lowest BCUT2D eigenvalue weighted by Crippen LogP contribution is -2.41. The number of nitrogens with zero attached hydrogens (tertiary/aromatic N) is 2. The molecular weight excluding hydrogens is 404 g/mol. The van der Waals surface area contributed by atoms with Gasteiger partial charge in [0.1, 0.15) is 29.7 Å². The number of hydrogen-bond donors (Lipinski definition) is 2. The van der Waals surface area contributed by atoms with Crippen molar-refractivity contribution >= 4 is 34.1 Å². The second kappa shape index (κ2) is 7.41. The lowest BCUT2D eigenvalue weighted by molar-refractivity contribution is -0.122. The molecule has 1 unspecified atom stereocenters. The molecule has 2 aromatic heterocycles. The molecule has 30 heavy (non-hydrogen) atoms. The lowest BCUT2D eigenvalue weighted by Gasteiger charge is -2.13. The van der Waals surface area contributed by atoms with Gasteiger partial charge in [0.05, 0.1) is 21.6 Å². The van der Waals surface area contributed by atoms with Gasteiger partial charge in [0.2, 0.25) is 0 Å². The number of aryl methyl sites for hydroxylation is 2. The van der Waals surface area contributed by atoms with Gasteiger partial charge in [-0.15, -0.1) is 11.3 Å². The summed E-state index contributed by atoms with van der Waals surface area (Å²) in [6.07, 6.45) is 2.16. The third kappa shape index (κ3) is 3.54. The molecule has 2 aliphatic rings. The normalized spacial score (nSPS) is 19.3. The summed E-state index contributed by atoms with van der Waals surface area (Å²) in [4.78, 5) is 30.5. The van der Waals surface area contributed by atoms with Crippen molar-refractivity contribution in [2.45, 2.75) is 45.4 Å². The molecule has 5 rings (SSSR count). The summed E-state index contributed by atoms with van der Waals surface area (Å²) < 4.78 is 11.7. The molecule has 156 valence electrons. The fourth-order valence-electron chi connectivity index (χ4n) is 3.70. The fourth-order valence-corrected chi connectivity index (χ4v) is 4.39. The van der Waals surface area contributed by atoms with Crippen LogP contribution in [0.1, 0.15) is 39.5 Å². The van der Waals surface area contributed by atoms with Gasteiger partial charge in [0.15, 0.2) is 0 Å². The summed E-state index contributed by atoms with van der Waals surface area (Å²) >= 11 is 1.55. The van der Waals surface area contributed by atoms with Crippen LogP contribution in [-0.4, -0.2) is 40.4 Å². The van der Waals surface area contributed by atoms with Gasteiger partial charge in [-0.05, 0) is 44.9 Å². The predicted molar refractivity (Wildman–Crippen MR) is 111 cm³/mol.